The highest BCUT2D eigenvalue weighted by molar-refractivity contribution is 6.06. The van der Waals surface area contributed by atoms with Crippen molar-refractivity contribution in [2.75, 3.05) is 13.1 Å². The number of pyridine rings is 1. The molecule has 7 nitrogen and oxygen atoms in total. The summed E-state index contributed by atoms with van der Waals surface area (Å²) in [6.07, 6.45) is 10.6. The van der Waals surface area contributed by atoms with Crippen LogP contribution in [0.5, 0.6) is 0 Å². The summed E-state index contributed by atoms with van der Waals surface area (Å²) < 4.78 is 2.00. The molecule has 1 N–H and O–H groups in total. The smallest absolute Gasteiger partial charge is 0.256 e. The maximum absolute atomic E-state index is 13.6. The third kappa shape index (κ3) is 2.61. The lowest BCUT2D eigenvalue weighted by atomic mass is 9.95. The molecular formula is C23H24N6O. The number of fused-ring (bicyclic) bond motifs is 3. The summed E-state index contributed by atoms with van der Waals surface area (Å²) in [4.78, 5) is 22.5. The highest BCUT2D eigenvalue weighted by atomic mass is 16.2. The summed E-state index contributed by atoms with van der Waals surface area (Å²) in [7, 11) is 0. The van der Waals surface area contributed by atoms with Crippen LogP contribution < -0.4 is 5.32 Å². The van der Waals surface area contributed by atoms with Gasteiger partial charge in [0.15, 0.2) is 0 Å². The van der Waals surface area contributed by atoms with Crippen molar-refractivity contribution in [3.8, 4) is 0 Å². The number of nitrogens with one attached hydrogen (secondary N) is 1. The zero-order valence-electron chi connectivity index (χ0n) is 16.7. The fraction of sp³-hybridized carbons (Fsp3) is 0.348. The highest BCUT2D eigenvalue weighted by Crippen LogP contribution is 2.37. The Balaban J connectivity index is 1.31. The van der Waals surface area contributed by atoms with Gasteiger partial charge >= 0.3 is 0 Å². The molecule has 0 spiro atoms. The minimum Gasteiger partial charge on any atom is -0.370 e. The van der Waals surface area contributed by atoms with Crippen molar-refractivity contribution in [2.45, 2.75) is 38.0 Å². The fourth-order valence-corrected chi connectivity index (χ4v) is 5.39. The van der Waals surface area contributed by atoms with E-state index < -0.39 is 0 Å². The summed E-state index contributed by atoms with van der Waals surface area (Å²) >= 11 is 0. The van der Waals surface area contributed by atoms with Crippen LogP contribution in [0.3, 0.4) is 0 Å². The Morgan fingerprint density at radius 3 is 2.97 bits per heavy atom. The molecule has 0 saturated carbocycles. The number of amides is 1. The molecule has 6 rings (SSSR count). The van der Waals surface area contributed by atoms with Crippen molar-refractivity contribution < 1.29 is 4.79 Å². The summed E-state index contributed by atoms with van der Waals surface area (Å²) in [6.45, 7) is 2.46. The first-order valence-corrected chi connectivity index (χ1v) is 10.7. The van der Waals surface area contributed by atoms with Crippen LogP contribution >= 0.6 is 0 Å². The van der Waals surface area contributed by atoms with Crippen molar-refractivity contribution in [1.29, 1.82) is 0 Å². The van der Waals surface area contributed by atoms with E-state index in [9.17, 15) is 4.79 Å². The van der Waals surface area contributed by atoms with Crippen molar-refractivity contribution >= 4 is 22.4 Å². The second-order valence-electron chi connectivity index (χ2n) is 8.27. The number of likely N-dealkylation sites (tertiary alicyclic amines) is 2. The second-order valence-corrected chi connectivity index (χ2v) is 8.27. The maximum Gasteiger partial charge on any atom is 0.256 e. The van der Waals surface area contributed by atoms with Gasteiger partial charge in [-0.1, -0.05) is 24.3 Å². The first kappa shape index (κ1) is 17.5. The van der Waals surface area contributed by atoms with Crippen molar-refractivity contribution in [2.24, 2.45) is 0 Å². The fourth-order valence-electron chi connectivity index (χ4n) is 5.39. The lowest BCUT2D eigenvalue weighted by molar-refractivity contribution is 0.0561. The Hall–Kier alpha value is -3.35. The molecule has 152 valence electrons. The van der Waals surface area contributed by atoms with Crippen LogP contribution in [0.2, 0.25) is 0 Å². The molecule has 0 bridgehead atoms. The van der Waals surface area contributed by atoms with Crippen LogP contribution in [-0.2, 0) is 6.67 Å². The van der Waals surface area contributed by atoms with Crippen LogP contribution in [-0.4, -0.2) is 55.6 Å². The lowest BCUT2D eigenvalue weighted by Gasteiger charge is -2.41. The van der Waals surface area contributed by atoms with Gasteiger partial charge in [-0.05, 0) is 30.7 Å². The van der Waals surface area contributed by atoms with E-state index in [0.29, 0.717) is 18.3 Å². The monoisotopic (exact) mass is 400 g/mol. The predicted octanol–water partition coefficient (Wildman–Crippen LogP) is 2.67. The standard InChI is InChI=1S/C23H24N6O/c30-23(18-13-24-12-16-4-1-2-5-17(16)18)28-10-3-6-19-20(28)8-11-27(19)22-14-25-15-29-21(22)7-9-26-29/h1-2,4-5,7,9,12-14,19-20,25H,3,6,8,10-11,15H2/t19-,20-/m1/s1. The van der Waals surface area contributed by atoms with Crippen LogP contribution in [0.25, 0.3) is 16.5 Å². The van der Waals surface area contributed by atoms with E-state index in [1.807, 2.05) is 41.3 Å². The van der Waals surface area contributed by atoms with Crippen LogP contribution in [0.1, 0.15) is 35.3 Å². The van der Waals surface area contributed by atoms with Crippen LogP contribution in [0.15, 0.2) is 55.1 Å². The molecule has 3 aliphatic rings. The van der Waals surface area contributed by atoms with Gasteiger partial charge < -0.3 is 15.1 Å². The van der Waals surface area contributed by atoms with Gasteiger partial charge in [-0.25, -0.2) is 4.68 Å². The minimum atomic E-state index is 0.108. The van der Waals surface area contributed by atoms with Crippen LogP contribution in [0, 0.1) is 0 Å². The number of carbonyl (C=O) groups excluding carboxylic acids is 1. The molecule has 0 radical (unpaired) electrons. The van der Waals surface area contributed by atoms with E-state index in [2.05, 4.69) is 37.5 Å². The van der Waals surface area contributed by atoms with Crippen molar-refractivity contribution in [3.05, 3.63) is 66.4 Å². The molecule has 30 heavy (non-hydrogen) atoms. The molecule has 5 heterocycles. The number of carbonyl (C=O) groups is 1. The first-order chi connectivity index (χ1) is 14.8. The number of hydrogen-bond acceptors (Lipinski definition) is 5. The normalized spacial score (nSPS) is 23.0. The highest BCUT2D eigenvalue weighted by Gasteiger charge is 2.43. The van der Waals surface area contributed by atoms with Gasteiger partial charge in [-0.3, -0.25) is 9.78 Å². The van der Waals surface area contributed by atoms with E-state index in [4.69, 9.17) is 0 Å². The average molecular weight is 400 g/mol. The Labute approximate surface area is 175 Å². The molecule has 2 saturated heterocycles. The molecule has 0 aliphatic carbocycles. The van der Waals surface area contributed by atoms with E-state index in [-0.39, 0.29) is 11.9 Å². The van der Waals surface area contributed by atoms with Gasteiger partial charge in [0.1, 0.15) is 6.67 Å². The Bertz CT molecular complexity index is 1150. The topological polar surface area (TPSA) is 66.3 Å². The van der Waals surface area contributed by atoms with Crippen molar-refractivity contribution in [1.82, 2.24) is 29.9 Å². The molecular weight excluding hydrogens is 376 g/mol. The molecule has 3 aliphatic heterocycles. The maximum atomic E-state index is 13.6. The minimum absolute atomic E-state index is 0.108. The van der Waals surface area contributed by atoms with E-state index >= 15 is 0 Å². The number of benzene rings is 1. The zero-order valence-corrected chi connectivity index (χ0v) is 16.7. The van der Waals surface area contributed by atoms with Gasteiger partial charge in [0.2, 0.25) is 0 Å². The number of rotatable bonds is 2. The average Bonchev–Trinajstić information content (AvgIpc) is 3.45. The van der Waals surface area contributed by atoms with Gasteiger partial charge in [0.25, 0.3) is 5.91 Å². The molecule has 7 heteroatoms. The van der Waals surface area contributed by atoms with Gasteiger partial charge in [0, 0.05) is 49.3 Å². The third-order valence-corrected chi connectivity index (χ3v) is 6.74. The molecule has 2 fully saturated rings. The van der Waals surface area contributed by atoms with E-state index in [1.54, 1.807) is 6.20 Å². The number of aromatic nitrogens is 3. The number of piperidine rings is 1. The SMILES string of the molecule is O=C(c1cncc2ccccc12)N1CCC[C@@H]2[C@H]1CCN2C1=CNCn2nccc21. The number of nitrogens with zero attached hydrogens (tertiary/aromatic N) is 5. The van der Waals surface area contributed by atoms with E-state index in [0.717, 1.165) is 48.8 Å². The van der Waals surface area contributed by atoms with Gasteiger partial charge in [0.05, 0.1) is 23.0 Å². The first-order valence-electron chi connectivity index (χ1n) is 10.7. The Kier molecular flexibility index (Phi) is 4.00. The Morgan fingerprint density at radius 1 is 1.07 bits per heavy atom. The summed E-state index contributed by atoms with van der Waals surface area (Å²) in [5, 5.41) is 9.74. The Morgan fingerprint density at radius 2 is 2.00 bits per heavy atom. The van der Waals surface area contributed by atoms with E-state index in [1.165, 1.54) is 5.70 Å². The third-order valence-electron chi connectivity index (χ3n) is 6.74. The summed E-state index contributed by atoms with van der Waals surface area (Å²) in [5.41, 5.74) is 3.05. The zero-order chi connectivity index (χ0) is 20.1. The molecule has 2 atom stereocenters. The predicted molar refractivity (Wildman–Crippen MR) is 114 cm³/mol. The quantitative estimate of drug-likeness (QED) is 0.716. The summed E-state index contributed by atoms with van der Waals surface area (Å²) in [6, 6.07) is 10.6. The molecule has 0 unspecified atom stereocenters. The molecule has 1 aromatic carbocycles. The molecule has 3 aromatic rings. The van der Waals surface area contributed by atoms with Gasteiger partial charge in [-0.15, -0.1) is 0 Å². The van der Waals surface area contributed by atoms with Crippen molar-refractivity contribution in [3.63, 3.8) is 0 Å². The molecule has 2 aromatic heterocycles. The van der Waals surface area contributed by atoms with Crippen LogP contribution in [0.4, 0.5) is 0 Å². The summed E-state index contributed by atoms with van der Waals surface area (Å²) in [5.74, 6) is 0.108. The lowest BCUT2D eigenvalue weighted by Crippen LogP contribution is -2.51. The van der Waals surface area contributed by atoms with Gasteiger partial charge in [-0.2, -0.15) is 5.10 Å². The number of hydrogen-bond donors (Lipinski definition) is 1. The largest absolute Gasteiger partial charge is 0.370 e. The molecule has 1 amide bonds. The second kappa shape index (κ2) is 6.86.